The zero-order valence-corrected chi connectivity index (χ0v) is 22.7. The summed E-state index contributed by atoms with van der Waals surface area (Å²) in [4.78, 5) is 13.3. The number of anilines is 2. The van der Waals surface area contributed by atoms with Crippen LogP contribution in [0.4, 0.5) is 10.8 Å². The lowest BCUT2D eigenvalue weighted by Crippen LogP contribution is -2.49. The van der Waals surface area contributed by atoms with E-state index in [-0.39, 0.29) is 16.9 Å². The highest BCUT2D eigenvalue weighted by Crippen LogP contribution is 2.40. The molecule has 1 amide bonds. The zero-order valence-electron chi connectivity index (χ0n) is 20.2. The molecule has 1 aliphatic rings. The maximum absolute atomic E-state index is 13.7. The molecule has 1 N–H and O–H groups in total. The maximum Gasteiger partial charge on any atom is 0.269 e. The Balaban J connectivity index is 1.70. The Morgan fingerprint density at radius 2 is 1.91 bits per heavy atom. The van der Waals surface area contributed by atoms with E-state index in [0.717, 1.165) is 21.2 Å². The van der Waals surface area contributed by atoms with Gasteiger partial charge in [-0.05, 0) is 47.9 Å². The van der Waals surface area contributed by atoms with Crippen LogP contribution >= 0.6 is 23.1 Å². The smallest absolute Gasteiger partial charge is 0.269 e. The molecule has 1 aliphatic heterocycles. The Labute approximate surface area is 214 Å². The van der Waals surface area contributed by atoms with E-state index in [0.29, 0.717) is 16.6 Å². The van der Waals surface area contributed by atoms with Gasteiger partial charge in [-0.3, -0.25) is 14.4 Å². The highest BCUT2D eigenvalue weighted by molar-refractivity contribution is 8.01. The first-order valence-electron chi connectivity index (χ1n) is 11.2. The minimum absolute atomic E-state index is 0.154. The number of rotatable bonds is 6. The lowest BCUT2D eigenvalue weighted by atomic mass is 9.86. The number of nitrogens with zero attached hydrogens (tertiary/aromatic N) is 3. The minimum atomic E-state index is -3.95. The number of carbonyl (C=O) groups excluding carboxylic acids is 1. The van der Waals surface area contributed by atoms with Crippen molar-refractivity contribution in [1.82, 2.24) is 10.2 Å². The lowest BCUT2D eigenvalue weighted by molar-refractivity contribution is -0.122. The van der Waals surface area contributed by atoms with E-state index in [1.807, 2.05) is 26.0 Å². The maximum atomic E-state index is 13.7. The summed E-state index contributed by atoms with van der Waals surface area (Å²) < 4.78 is 35.5. The number of aryl methyl sites for hydroxylation is 1. The molecule has 2 heterocycles. The van der Waals surface area contributed by atoms with E-state index in [1.165, 1.54) is 27.4 Å². The van der Waals surface area contributed by atoms with Crippen LogP contribution in [0.2, 0.25) is 0 Å². The number of hydrogen-bond donors (Lipinski definition) is 1. The van der Waals surface area contributed by atoms with Gasteiger partial charge >= 0.3 is 0 Å². The number of hydrogen-bond acceptors (Lipinski definition) is 8. The van der Waals surface area contributed by atoms with Gasteiger partial charge < -0.3 is 4.74 Å². The molecule has 0 saturated heterocycles. The number of thioether (sulfide) groups is 1. The Hall–Kier alpha value is -2.63. The fourth-order valence-electron chi connectivity index (χ4n) is 3.55. The Morgan fingerprint density at radius 3 is 2.57 bits per heavy atom. The van der Waals surface area contributed by atoms with Crippen LogP contribution < -0.4 is 14.4 Å². The van der Waals surface area contributed by atoms with Crippen LogP contribution in [0.25, 0.3) is 0 Å². The van der Waals surface area contributed by atoms with E-state index >= 15 is 0 Å². The van der Waals surface area contributed by atoms with Gasteiger partial charge in [-0.2, -0.15) is 0 Å². The predicted molar refractivity (Wildman–Crippen MR) is 140 cm³/mol. The highest BCUT2D eigenvalue weighted by atomic mass is 32.2. The van der Waals surface area contributed by atoms with E-state index in [9.17, 15) is 13.2 Å². The monoisotopic (exact) mass is 532 g/mol. The van der Waals surface area contributed by atoms with Crippen LogP contribution in [0.5, 0.6) is 5.75 Å². The molecule has 0 aliphatic carbocycles. The number of fused-ring (bicyclic) bond motifs is 1. The summed E-state index contributed by atoms with van der Waals surface area (Å²) in [7, 11) is -3.95. The molecule has 0 radical (unpaired) electrons. The number of carbonyl (C=O) groups is 1. The summed E-state index contributed by atoms with van der Waals surface area (Å²) in [5, 5.41) is 11.1. The molecule has 35 heavy (non-hydrogen) atoms. The zero-order chi connectivity index (χ0) is 25.4. The average Bonchev–Trinajstić information content (AvgIpc) is 3.24. The second-order valence-electron chi connectivity index (χ2n) is 9.18. The fraction of sp³-hybridized carbons (Fsp3) is 0.375. The molecule has 0 unspecified atom stereocenters. The molecule has 11 heteroatoms. The molecular weight excluding hydrogens is 504 g/mol. The Morgan fingerprint density at radius 1 is 1.20 bits per heavy atom. The normalized spacial score (nSPS) is 15.9. The molecule has 0 bridgehead atoms. The molecule has 8 nitrogen and oxygen atoms in total. The molecule has 186 valence electrons. The third-order valence-electron chi connectivity index (χ3n) is 5.50. The van der Waals surface area contributed by atoms with Gasteiger partial charge in [-0.15, -0.1) is 10.2 Å². The summed E-state index contributed by atoms with van der Waals surface area (Å²) in [5.41, 5.74) is 2.13. The van der Waals surface area contributed by atoms with Gasteiger partial charge in [0.1, 0.15) is 5.75 Å². The second kappa shape index (κ2) is 9.79. The van der Waals surface area contributed by atoms with Crippen molar-refractivity contribution in [3.63, 3.8) is 0 Å². The summed E-state index contributed by atoms with van der Waals surface area (Å²) in [6.07, 6.45) is -1.06. The van der Waals surface area contributed by atoms with Gasteiger partial charge in [0.25, 0.3) is 15.9 Å². The molecule has 0 saturated carbocycles. The number of sulfonamides is 1. The number of amides is 1. The van der Waals surface area contributed by atoms with Crippen molar-refractivity contribution in [2.24, 2.45) is 0 Å². The van der Waals surface area contributed by atoms with E-state index in [1.54, 1.807) is 30.3 Å². The standard InChI is InChI=1S/C24H28N4O4S3/c1-6-33-23-27-26-22(34-23)25-21(29)20-14-28(35(30,31)17-10-7-15(2)8-11-17)18-13-16(24(3,4)5)9-12-19(18)32-20/h7-13,20H,6,14H2,1-5H3,(H,25,26,29)/t20-/m0/s1. The second-order valence-corrected chi connectivity index (χ2v) is 13.5. The first kappa shape index (κ1) is 25.5. The van der Waals surface area contributed by atoms with Crippen LogP contribution in [0.3, 0.4) is 0 Å². The van der Waals surface area contributed by atoms with Crippen molar-refractivity contribution in [3.05, 3.63) is 53.6 Å². The largest absolute Gasteiger partial charge is 0.476 e. The van der Waals surface area contributed by atoms with E-state index in [2.05, 4.69) is 36.3 Å². The third-order valence-corrected chi connectivity index (χ3v) is 9.15. The lowest BCUT2D eigenvalue weighted by Gasteiger charge is -2.35. The van der Waals surface area contributed by atoms with Gasteiger partial charge in [-0.1, -0.05) is 74.6 Å². The third kappa shape index (κ3) is 5.46. The molecular formula is C24H28N4O4S3. The Bertz CT molecular complexity index is 1330. The quantitative estimate of drug-likeness (QED) is 0.358. The number of nitrogens with one attached hydrogen (secondary N) is 1. The fourth-order valence-corrected chi connectivity index (χ4v) is 6.67. The summed E-state index contributed by atoms with van der Waals surface area (Å²) >= 11 is 2.80. The first-order chi connectivity index (χ1) is 16.5. The van der Waals surface area contributed by atoms with Crippen molar-refractivity contribution >= 4 is 49.8 Å². The summed E-state index contributed by atoms with van der Waals surface area (Å²) in [6.45, 7) is 9.90. The molecule has 0 fully saturated rings. The topological polar surface area (TPSA) is 101 Å². The van der Waals surface area contributed by atoms with Crippen molar-refractivity contribution < 1.29 is 17.9 Å². The van der Waals surface area contributed by atoms with Gasteiger partial charge in [-0.25, -0.2) is 8.42 Å². The van der Waals surface area contributed by atoms with Crippen molar-refractivity contribution in [2.75, 3.05) is 21.9 Å². The van der Waals surface area contributed by atoms with Crippen molar-refractivity contribution in [3.8, 4) is 5.75 Å². The van der Waals surface area contributed by atoms with Crippen LogP contribution in [0.15, 0.2) is 51.7 Å². The SMILES string of the molecule is CCSc1nnc(NC(=O)[C@@H]2CN(S(=O)(=O)c3ccc(C)cc3)c3cc(C(C)(C)C)ccc3O2)s1. The predicted octanol–water partition coefficient (Wildman–Crippen LogP) is 4.85. The van der Waals surface area contributed by atoms with Gasteiger partial charge in [0, 0.05) is 0 Å². The summed E-state index contributed by atoms with van der Waals surface area (Å²) in [5.74, 6) is 0.691. The molecule has 0 spiro atoms. The van der Waals surface area contributed by atoms with Crippen molar-refractivity contribution in [1.29, 1.82) is 0 Å². The van der Waals surface area contributed by atoms with E-state index < -0.39 is 22.0 Å². The summed E-state index contributed by atoms with van der Waals surface area (Å²) in [6, 6.07) is 12.1. The number of ether oxygens (including phenoxy) is 1. The van der Waals surface area contributed by atoms with Crippen molar-refractivity contribution in [2.45, 2.75) is 55.4 Å². The molecule has 4 rings (SSSR count). The van der Waals surface area contributed by atoms with Crippen LogP contribution in [0.1, 0.15) is 38.8 Å². The van der Waals surface area contributed by atoms with Crippen LogP contribution in [-0.4, -0.2) is 42.9 Å². The average molecular weight is 533 g/mol. The minimum Gasteiger partial charge on any atom is -0.476 e. The Kier molecular flexibility index (Phi) is 7.12. The molecule has 1 atom stereocenters. The van der Waals surface area contributed by atoms with Crippen LogP contribution in [0, 0.1) is 6.92 Å². The molecule has 2 aromatic carbocycles. The van der Waals surface area contributed by atoms with Gasteiger partial charge in [0.15, 0.2) is 10.4 Å². The number of aromatic nitrogens is 2. The number of benzene rings is 2. The first-order valence-corrected chi connectivity index (χ1v) is 14.4. The van der Waals surface area contributed by atoms with Gasteiger partial charge in [0.2, 0.25) is 5.13 Å². The molecule has 1 aromatic heterocycles. The molecule has 3 aromatic rings. The van der Waals surface area contributed by atoms with Crippen LogP contribution in [-0.2, 0) is 20.2 Å². The highest BCUT2D eigenvalue weighted by Gasteiger charge is 2.38. The van der Waals surface area contributed by atoms with E-state index in [4.69, 9.17) is 4.74 Å². The van der Waals surface area contributed by atoms with Gasteiger partial charge in [0.05, 0.1) is 17.1 Å².